The zero-order chi connectivity index (χ0) is 14.7. The number of carboxylic acids is 1. The Labute approximate surface area is 120 Å². The van der Waals surface area contributed by atoms with Gasteiger partial charge in [0.1, 0.15) is 5.75 Å². The number of carbonyl (C=O) groups is 1. The van der Waals surface area contributed by atoms with Gasteiger partial charge in [-0.05, 0) is 43.4 Å². The van der Waals surface area contributed by atoms with Crippen LogP contribution in [0.5, 0.6) is 5.75 Å². The third-order valence-corrected chi connectivity index (χ3v) is 3.60. The molecule has 0 aromatic heterocycles. The molecule has 1 heterocycles. The quantitative estimate of drug-likeness (QED) is 0.898. The molecule has 2 rings (SSSR count). The number of aromatic carboxylic acids is 1. The number of nitrogens with zero attached hydrogens (tertiary/aromatic N) is 1. The summed E-state index contributed by atoms with van der Waals surface area (Å²) in [7, 11) is 0. The molecule has 1 aromatic rings. The average molecular weight is 277 g/mol. The van der Waals surface area contributed by atoms with Crippen molar-refractivity contribution in [3.63, 3.8) is 0 Å². The van der Waals surface area contributed by atoms with E-state index in [-0.39, 0.29) is 0 Å². The molecule has 0 bridgehead atoms. The molecule has 0 atom stereocenters. The number of rotatable bonds is 5. The second-order valence-electron chi connectivity index (χ2n) is 5.63. The molecule has 0 saturated carbocycles. The van der Waals surface area contributed by atoms with Gasteiger partial charge in [-0.2, -0.15) is 0 Å². The summed E-state index contributed by atoms with van der Waals surface area (Å²) in [6, 6.07) is 3.48. The van der Waals surface area contributed by atoms with Gasteiger partial charge in [0.25, 0.3) is 0 Å². The lowest BCUT2D eigenvalue weighted by atomic mass is 9.95. The van der Waals surface area contributed by atoms with Crippen molar-refractivity contribution in [3.8, 4) is 5.75 Å². The van der Waals surface area contributed by atoms with Gasteiger partial charge in [-0.1, -0.05) is 13.8 Å². The van der Waals surface area contributed by atoms with Crippen molar-refractivity contribution in [2.45, 2.75) is 33.6 Å². The maximum Gasteiger partial charge on any atom is 0.336 e. The number of hydrogen-bond acceptors (Lipinski definition) is 3. The van der Waals surface area contributed by atoms with E-state index in [1.165, 1.54) is 0 Å². The molecular weight excluding hydrogens is 254 g/mol. The van der Waals surface area contributed by atoms with Gasteiger partial charge in [-0.25, -0.2) is 4.79 Å². The van der Waals surface area contributed by atoms with Crippen LogP contribution in [0, 0.1) is 5.92 Å². The van der Waals surface area contributed by atoms with Gasteiger partial charge >= 0.3 is 5.97 Å². The average Bonchev–Trinajstić information content (AvgIpc) is 2.43. The smallest absolute Gasteiger partial charge is 0.336 e. The second-order valence-corrected chi connectivity index (χ2v) is 5.63. The van der Waals surface area contributed by atoms with E-state index in [0.717, 1.165) is 42.9 Å². The number of benzene rings is 1. The van der Waals surface area contributed by atoms with E-state index in [2.05, 4.69) is 25.7 Å². The van der Waals surface area contributed by atoms with Crippen molar-refractivity contribution in [1.82, 2.24) is 0 Å². The number of anilines is 1. The first-order valence-electron chi connectivity index (χ1n) is 7.31. The van der Waals surface area contributed by atoms with Crippen molar-refractivity contribution in [2.24, 2.45) is 5.92 Å². The van der Waals surface area contributed by atoms with Gasteiger partial charge in [-0.3, -0.25) is 0 Å². The van der Waals surface area contributed by atoms with E-state index in [9.17, 15) is 9.90 Å². The molecule has 0 amide bonds. The lowest BCUT2D eigenvalue weighted by Crippen LogP contribution is -2.30. The summed E-state index contributed by atoms with van der Waals surface area (Å²) in [5.74, 6) is 0.415. The van der Waals surface area contributed by atoms with Gasteiger partial charge in [-0.15, -0.1) is 0 Å². The fourth-order valence-electron chi connectivity index (χ4n) is 2.66. The Hall–Kier alpha value is -1.71. The third-order valence-electron chi connectivity index (χ3n) is 3.60. The van der Waals surface area contributed by atoms with Crippen molar-refractivity contribution in [2.75, 3.05) is 24.6 Å². The molecule has 4 heteroatoms. The first-order chi connectivity index (χ1) is 9.54. The molecule has 0 saturated heterocycles. The fourth-order valence-corrected chi connectivity index (χ4v) is 2.66. The lowest BCUT2D eigenvalue weighted by molar-refractivity contribution is 0.0695. The minimum absolute atomic E-state index is 0.412. The van der Waals surface area contributed by atoms with Crippen molar-refractivity contribution in [3.05, 3.63) is 23.3 Å². The molecule has 20 heavy (non-hydrogen) atoms. The molecule has 0 radical (unpaired) electrons. The van der Waals surface area contributed by atoms with Gasteiger partial charge < -0.3 is 14.7 Å². The van der Waals surface area contributed by atoms with Crippen LogP contribution < -0.4 is 9.64 Å². The highest BCUT2D eigenvalue weighted by Crippen LogP contribution is 2.38. The molecule has 0 fully saturated rings. The number of ether oxygens (including phenoxy) is 1. The minimum atomic E-state index is -0.852. The van der Waals surface area contributed by atoms with E-state index in [4.69, 9.17) is 4.74 Å². The van der Waals surface area contributed by atoms with Gasteiger partial charge in [0.05, 0.1) is 17.9 Å². The van der Waals surface area contributed by atoms with E-state index in [1.807, 2.05) is 0 Å². The Morgan fingerprint density at radius 1 is 1.45 bits per heavy atom. The van der Waals surface area contributed by atoms with Crippen LogP contribution in [-0.2, 0) is 6.42 Å². The van der Waals surface area contributed by atoms with E-state index in [0.29, 0.717) is 18.1 Å². The first kappa shape index (κ1) is 14.7. The summed E-state index contributed by atoms with van der Waals surface area (Å²) in [4.78, 5) is 13.6. The monoisotopic (exact) mass is 277 g/mol. The topological polar surface area (TPSA) is 49.8 Å². The Bertz CT molecular complexity index is 497. The highest BCUT2D eigenvalue weighted by atomic mass is 16.5. The molecular formula is C16H23NO3. The molecule has 0 unspecified atom stereocenters. The molecule has 0 aliphatic carbocycles. The van der Waals surface area contributed by atoms with Crippen LogP contribution in [0.4, 0.5) is 5.69 Å². The Kier molecular flexibility index (Phi) is 4.53. The number of hydrogen-bond donors (Lipinski definition) is 1. The Balaban J connectivity index is 2.45. The van der Waals surface area contributed by atoms with Crippen LogP contribution >= 0.6 is 0 Å². The molecule has 1 aliphatic rings. The summed E-state index contributed by atoms with van der Waals surface area (Å²) < 4.78 is 5.90. The Morgan fingerprint density at radius 2 is 2.20 bits per heavy atom. The van der Waals surface area contributed by atoms with Crippen LogP contribution in [-0.4, -0.2) is 30.8 Å². The summed E-state index contributed by atoms with van der Waals surface area (Å²) in [5.41, 5.74) is 2.32. The Morgan fingerprint density at radius 3 is 2.80 bits per heavy atom. The van der Waals surface area contributed by atoms with Gasteiger partial charge in [0, 0.05) is 13.1 Å². The summed E-state index contributed by atoms with van der Waals surface area (Å²) in [6.07, 6.45) is 1.81. The van der Waals surface area contributed by atoms with Gasteiger partial charge in [0.15, 0.2) is 0 Å². The molecule has 1 aromatic carbocycles. The molecule has 0 spiro atoms. The SMILES string of the molecule is CCN1CCCc2c(C(=O)O)ccc(OCC(C)C)c21. The summed E-state index contributed by atoms with van der Waals surface area (Å²) >= 11 is 0. The van der Waals surface area contributed by atoms with Crippen LogP contribution in [0.15, 0.2) is 12.1 Å². The minimum Gasteiger partial charge on any atom is -0.491 e. The maximum atomic E-state index is 11.4. The highest BCUT2D eigenvalue weighted by Gasteiger charge is 2.25. The fraction of sp³-hybridized carbons (Fsp3) is 0.562. The number of fused-ring (bicyclic) bond motifs is 1. The van der Waals surface area contributed by atoms with Crippen LogP contribution in [0.3, 0.4) is 0 Å². The largest absolute Gasteiger partial charge is 0.491 e. The van der Waals surface area contributed by atoms with Gasteiger partial charge in [0.2, 0.25) is 0 Å². The van der Waals surface area contributed by atoms with Crippen molar-refractivity contribution >= 4 is 11.7 Å². The second kappa shape index (κ2) is 6.16. The molecule has 1 N–H and O–H groups in total. The van der Waals surface area contributed by atoms with E-state index < -0.39 is 5.97 Å². The first-order valence-corrected chi connectivity index (χ1v) is 7.31. The standard InChI is InChI=1S/C16H23NO3/c1-4-17-9-5-6-12-13(16(18)19)7-8-14(15(12)17)20-10-11(2)3/h7-8,11H,4-6,9-10H2,1-3H3,(H,18,19). The van der Waals surface area contributed by atoms with Crippen molar-refractivity contribution in [1.29, 1.82) is 0 Å². The lowest BCUT2D eigenvalue weighted by Gasteiger charge is -2.33. The predicted molar refractivity (Wildman–Crippen MR) is 79.9 cm³/mol. The van der Waals surface area contributed by atoms with Crippen LogP contribution in [0.1, 0.15) is 43.1 Å². The molecule has 110 valence electrons. The summed E-state index contributed by atoms with van der Waals surface area (Å²) in [6.45, 7) is 8.79. The number of carboxylic acid groups (broad SMARTS) is 1. The summed E-state index contributed by atoms with van der Waals surface area (Å²) in [5, 5.41) is 9.35. The van der Waals surface area contributed by atoms with Crippen molar-refractivity contribution < 1.29 is 14.6 Å². The van der Waals surface area contributed by atoms with Crippen LogP contribution in [0.2, 0.25) is 0 Å². The van der Waals surface area contributed by atoms with Crippen LogP contribution in [0.25, 0.3) is 0 Å². The molecule has 1 aliphatic heterocycles. The van der Waals surface area contributed by atoms with E-state index in [1.54, 1.807) is 12.1 Å². The highest BCUT2D eigenvalue weighted by molar-refractivity contribution is 5.92. The zero-order valence-electron chi connectivity index (χ0n) is 12.5. The predicted octanol–water partition coefficient (Wildman–Crippen LogP) is 3.19. The normalized spacial score (nSPS) is 14.3. The third kappa shape index (κ3) is 2.89. The molecule has 4 nitrogen and oxygen atoms in total. The van der Waals surface area contributed by atoms with E-state index >= 15 is 0 Å². The maximum absolute atomic E-state index is 11.4. The zero-order valence-corrected chi connectivity index (χ0v) is 12.5.